The molecule has 4 rings (SSSR count). The van der Waals surface area contributed by atoms with Crippen LogP contribution in [0.4, 0.5) is 0 Å². The highest BCUT2D eigenvalue weighted by Gasteiger charge is 2.22. The standard InChI is InChI=1S/C26H25NO6/c1-4-14(2)24(25(29)30)27-23(28)11-18-15(3)17-10-19-20(16-8-6-5-7-9-16)13-32-21(19)12-22(17)33-26(18)31/h5-10,12-14,24H,4,11H2,1-3H3,(H,27,28)(H,29,30)/p-1/t14-,24+/m1/s1. The predicted molar refractivity (Wildman–Crippen MR) is 123 cm³/mol. The Balaban J connectivity index is 1.74. The van der Waals surface area contributed by atoms with Gasteiger partial charge in [0.15, 0.2) is 0 Å². The van der Waals surface area contributed by atoms with Crippen molar-refractivity contribution in [1.82, 2.24) is 5.32 Å². The molecule has 1 amide bonds. The molecule has 0 bridgehead atoms. The summed E-state index contributed by atoms with van der Waals surface area (Å²) in [6.07, 6.45) is 1.93. The average Bonchev–Trinajstić information content (AvgIpc) is 3.22. The zero-order chi connectivity index (χ0) is 23.7. The number of carbonyl (C=O) groups is 2. The third-order valence-corrected chi connectivity index (χ3v) is 6.19. The molecule has 0 fully saturated rings. The summed E-state index contributed by atoms with van der Waals surface area (Å²) in [5.74, 6) is -2.23. The van der Waals surface area contributed by atoms with E-state index in [9.17, 15) is 19.5 Å². The minimum atomic E-state index is -1.35. The molecule has 2 aromatic carbocycles. The summed E-state index contributed by atoms with van der Waals surface area (Å²) in [6.45, 7) is 5.30. The molecular formula is C26H24NO6-. The van der Waals surface area contributed by atoms with Crippen molar-refractivity contribution in [2.45, 2.75) is 39.7 Å². The molecule has 0 saturated heterocycles. The van der Waals surface area contributed by atoms with Gasteiger partial charge in [0.2, 0.25) is 5.91 Å². The van der Waals surface area contributed by atoms with E-state index in [2.05, 4.69) is 5.32 Å². The van der Waals surface area contributed by atoms with Gasteiger partial charge in [0, 0.05) is 22.4 Å². The first kappa shape index (κ1) is 22.3. The van der Waals surface area contributed by atoms with Gasteiger partial charge in [-0.25, -0.2) is 4.79 Å². The molecule has 7 nitrogen and oxygen atoms in total. The molecule has 0 aliphatic carbocycles. The fraction of sp³-hybridized carbons (Fsp3) is 0.269. The van der Waals surface area contributed by atoms with Crippen LogP contribution in [0.5, 0.6) is 0 Å². The van der Waals surface area contributed by atoms with Crippen molar-refractivity contribution in [3.05, 3.63) is 70.3 Å². The zero-order valence-corrected chi connectivity index (χ0v) is 18.6. The Labute approximate surface area is 190 Å². The first-order valence-electron chi connectivity index (χ1n) is 10.8. The van der Waals surface area contributed by atoms with Crippen LogP contribution in [-0.2, 0) is 16.0 Å². The van der Waals surface area contributed by atoms with E-state index in [1.54, 1.807) is 26.2 Å². The number of hydrogen-bond acceptors (Lipinski definition) is 6. The summed E-state index contributed by atoms with van der Waals surface area (Å²) in [7, 11) is 0. The van der Waals surface area contributed by atoms with E-state index in [0.717, 1.165) is 16.5 Å². The van der Waals surface area contributed by atoms with Crippen molar-refractivity contribution in [1.29, 1.82) is 0 Å². The van der Waals surface area contributed by atoms with Crippen LogP contribution in [0.1, 0.15) is 31.4 Å². The Bertz CT molecular complexity index is 1400. The van der Waals surface area contributed by atoms with Gasteiger partial charge in [0.05, 0.1) is 30.3 Å². The molecule has 170 valence electrons. The van der Waals surface area contributed by atoms with Crippen LogP contribution in [0, 0.1) is 12.8 Å². The monoisotopic (exact) mass is 446 g/mol. The molecule has 4 aromatic rings. The predicted octanol–water partition coefficient (Wildman–Crippen LogP) is 3.34. The van der Waals surface area contributed by atoms with Crippen molar-refractivity contribution in [2.24, 2.45) is 5.92 Å². The van der Waals surface area contributed by atoms with E-state index < -0.39 is 23.5 Å². The summed E-state index contributed by atoms with van der Waals surface area (Å²) >= 11 is 0. The van der Waals surface area contributed by atoms with E-state index in [1.165, 1.54) is 0 Å². The van der Waals surface area contributed by atoms with Gasteiger partial charge < -0.3 is 24.1 Å². The number of carbonyl (C=O) groups excluding carboxylic acids is 2. The number of amides is 1. The van der Waals surface area contributed by atoms with Crippen molar-refractivity contribution in [2.75, 3.05) is 0 Å². The van der Waals surface area contributed by atoms with E-state index in [-0.39, 0.29) is 17.9 Å². The fourth-order valence-corrected chi connectivity index (χ4v) is 4.01. The molecule has 0 unspecified atom stereocenters. The average molecular weight is 446 g/mol. The van der Waals surface area contributed by atoms with Gasteiger partial charge in [0.25, 0.3) is 0 Å². The molecule has 0 radical (unpaired) electrons. The minimum Gasteiger partial charge on any atom is -0.548 e. The van der Waals surface area contributed by atoms with Crippen LogP contribution < -0.4 is 16.0 Å². The molecule has 2 atom stereocenters. The van der Waals surface area contributed by atoms with E-state index >= 15 is 0 Å². The van der Waals surface area contributed by atoms with Gasteiger partial charge in [-0.1, -0.05) is 50.6 Å². The number of furan rings is 1. The summed E-state index contributed by atoms with van der Waals surface area (Å²) in [6, 6.07) is 12.2. The molecule has 33 heavy (non-hydrogen) atoms. The van der Waals surface area contributed by atoms with Gasteiger partial charge in [-0.2, -0.15) is 0 Å². The van der Waals surface area contributed by atoms with Crippen LogP contribution in [0.15, 0.2) is 62.4 Å². The number of rotatable bonds is 7. The molecule has 0 aliphatic heterocycles. The maximum absolute atomic E-state index is 12.7. The maximum Gasteiger partial charge on any atom is 0.340 e. The normalized spacial score (nSPS) is 13.2. The highest BCUT2D eigenvalue weighted by molar-refractivity contribution is 6.02. The third kappa shape index (κ3) is 4.26. The summed E-state index contributed by atoms with van der Waals surface area (Å²) in [5, 5.41) is 15.4. The SMILES string of the molecule is CC[C@@H](C)[C@H](NC(=O)Cc1c(C)c2cc3c(-c4ccccc4)coc3cc2oc1=O)C(=O)[O-]. The Morgan fingerprint density at radius 2 is 1.82 bits per heavy atom. The number of carboxylic acid groups (broad SMARTS) is 1. The van der Waals surface area contributed by atoms with Gasteiger partial charge in [0.1, 0.15) is 11.2 Å². The smallest absolute Gasteiger partial charge is 0.340 e. The summed E-state index contributed by atoms with van der Waals surface area (Å²) in [4.78, 5) is 36.7. The zero-order valence-electron chi connectivity index (χ0n) is 18.6. The molecule has 2 heterocycles. The number of benzene rings is 2. The van der Waals surface area contributed by atoms with E-state index in [1.807, 2.05) is 43.3 Å². The second-order valence-corrected chi connectivity index (χ2v) is 8.28. The number of nitrogens with one attached hydrogen (secondary N) is 1. The lowest BCUT2D eigenvalue weighted by atomic mass is 9.97. The molecule has 1 N–H and O–H groups in total. The summed E-state index contributed by atoms with van der Waals surface area (Å²) in [5.41, 5.74) is 2.98. The Hall–Kier alpha value is -3.87. The molecule has 2 aromatic heterocycles. The number of hydrogen-bond donors (Lipinski definition) is 1. The first-order chi connectivity index (χ1) is 15.8. The van der Waals surface area contributed by atoms with Crippen LogP contribution in [-0.4, -0.2) is 17.9 Å². The number of fused-ring (bicyclic) bond motifs is 2. The van der Waals surface area contributed by atoms with Crippen LogP contribution in [0.2, 0.25) is 0 Å². The topological polar surface area (TPSA) is 113 Å². The van der Waals surface area contributed by atoms with Crippen LogP contribution in [0.3, 0.4) is 0 Å². The highest BCUT2D eigenvalue weighted by Crippen LogP contribution is 2.34. The molecule has 0 spiro atoms. The molecule has 0 aliphatic rings. The van der Waals surface area contributed by atoms with Gasteiger partial charge >= 0.3 is 5.63 Å². The summed E-state index contributed by atoms with van der Waals surface area (Å²) < 4.78 is 11.2. The molecule has 0 saturated carbocycles. The maximum atomic E-state index is 12.7. The minimum absolute atomic E-state index is 0.186. The Morgan fingerprint density at radius 3 is 2.48 bits per heavy atom. The second-order valence-electron chi connectivity index (χ2n) is 8.28. The lowest BCUT2D eigenvalue weighted by Gasteiger charge is -2.25. The molecular weight excluding hydrogens is 422 g/mol. The van der Waals surface area contributed by atoms with Gasteiger partial charge in [-0.05, 0) is 30.0 Å². The van der Waals surface area contributed by atoms with Gasteiger partial charge in [-0.15, -0.1) is 0 Å². The number of carboxylic acids is 1. The first-order valence-corrected chi connectivity index (χ1v) is 10.8. The Morgan fingerprint density at radius 1 is 1.09 bits per heavy atom. The number of aliphatic carboxylic acids is 1. The van der Waals surface area contributed by atoms with E-state index in [4.69, 9.17) is 8.83 Å². The van der Waals surface area contributed by atoms with Crippen molar-refractivity contribution >= 4 is 33.8 Å². The molecule has 7 heteroatoms. The number of aryl methyl sites for hydroxylation is 1. The lowest BCUT2D eigenvalue weighted by molar-refractivity contribution is -0.309. The quantitative estimate of drug-likeness (QED) is 0.436. The third-order valence-electron chi connectivity index (χ3n) is 6.19. The second kappa shape index (κ2) is 8.94. The Kier molecular flexibility index (Phi) is 6.05. The van der Waals surface area contributed by atoms with E-state index in [0.29, 0.717) is 28.5 Å². The largest absolute Gasteiger partial charge is 0.548 e. The van der Waals surface area contributed by atoms with Crippen molar-refractivity contribution in [3.63, 3.8) is 0 Å². The van der Waals surface area contributed by atoms with Crippen LogP contribution >= 0.6 is 0 Å². The van der Waals surface area contributed by atoms with Crippen LogP contribution in [0.25, 0.3) is 33.1 Å². The highest BCUT2D eigenvalue weighted by atomic mass is 16.4. The lowest BCUT2D eigenvalue weighted by Crippen LogP contribution is -2.51. The van der Waals surface area contributed by atoms with Crippen molar-refractivity contribution < 1.29 is 23.5 Å². The van der Waals surface area contributed by atoms with Crippen molar-refractivity contribution in [3.8, 4) is 11.1 Å². The van der Waals surface area contributed by atoms with Gasteiger partial charge in [-0.3, -0.25) is 4.79 Å². The fourth-order valence-electron chi connectivity index (χ4n) is 4.01.